The van der Waals surface area contributed by atoms with Crippen LogP contribution in [-0.2, 0) is 18.6 Å². The van der Waals surface area contributed by atoms with E-state index < -0.39 is 89.3 Å². The summed E-state index contributed by atoms with van der Waals surface area (Å²) in [6, 6.07) is 0. The van der Waals surface area contributed by atoms with Gasteiger partial charge in [0.1, 0.15) is 22.4 Å². The molecular formula is C12H24B2O12. The highest BCUT2D eigenvalue weighted by atomic mass is 16.7. The van der Waals surface area contributed by atoms with Crippen LogP contribution in [0.4, 0.5) is 0 Å². The summed E-state index contributed by atoms with van der Waals surface area (Å²) in [6.45, 7) is -6.63. The molecule has 0 amide bonds. The standard InChI is InChI=1S/C12H24B2O12/c15-1-9(2-16)10(3-17,4-18)24-13(23-9)14-25-11(5-19,6-20)12(7-21,8-22)26-14/h15-22H,1-8H2. The average Bonchev–Trinajstić information content (AvgIpc) is 3.22. The smallest absolute Gasteiger partial charge is 0.400 e. The number of hydrogen-bond donors (Lipinski definition) is 8. The SMILES string of the molecule is OCC1(CO)OB(B2OC(CO)(CO)C(CO)(CO)O2)OC1(CO)CO. The Balaban J connectivity index is 2.36. The normalized spacial score (nSPS) is 25.8. The van der Waals surface area contributed by atoms with Crippen molar-refractivity contribution >= 4 is 14.0 Å². The van der Waals surface area contributed by atoms with Crippen molar-refractivity contribution in [2.45, 2.75) is 22.4 Å². The van der Waals surface area contributed by atoms with E-state index in [2.05, 4.69) is 0 Å². The van der Waals surface area contributed by atoms with Crippen LogP contribution in [0, 0.1) is 0 Å². The van der Waals surface area contributed by atoms with Gasteiger partial charge >= 0.3 is 14.0 Å². The van der Waals surface area contributed by atoms with E-state index in [-0.39, 0.29) is 0 Å². The average molecular weight is 382 g/mol. The Bertz CT molecular complexity index is 381. The molecule has 26 heavy (non-hydrogen) atoms. The van der Waals surface area contributed by atoms with E-state index in [4.69, 9.17) is 18.6 Å². The molecule has 0 radical (unpaired) electrons. The Labute approximate surface area is 149 Å². The van der Waals surface area contributed by atoms with Crippen molar-refractivity contribution in [3.8, 4) is 0 Å². The zero-order valence-corrected chi connectivity index (χ0v) is 14.0. The van der Waals surface area contributed by atoms with Gasteiger partial charge in [-0.15, -0.1) is 0 Å². The lowest BCUT2D eigenvalue weighted by atomic mass is 9.49. The van der Waals surface area contributed by atoms with Gasteiger partial charge in [-0.1, -0.05) is 0 Å². The first-order chi connectivity index (χ1) is 12.4. The highest BCUT2D eigenvalue weighted by Crippen LogP contribution is 2.43. The maximum Gasteiger partial charge on any atom is 0.489 e. The fourth-order valence-electron chi connectivity index (χ4n) is 3.24. The van der Waals surface area contributed by atoms with E-state index in [1.807, 2.05) is 0 Å². The van der Waals surface area contributed by atoms with E-state index in [0.29, 0.717) is 0 Å². The summed E-state index contributed by atoms with van der Waals surface area (Å²) in [5, 5.41) is 77.1. The first-order valence-corrected chi connectivity index (χ1v) is 7.95. The van der Waals surface area contributed by atoms with E-state index in [1.54, 1.807) is 0 Å². The maximum atomic E-state index is 9.64. The molecule has 12 nitrogen and oxygen atoms in total. The highest BCUT2D eigenvalue weighted by Gasteiger charge is 2.71. The Hall–Kier alpha value is -0.350. The van der Waals surface area contributed by atoms with Crippen LogP contribution >= 0.6 is 0 Å². The number of aliphatic hydroxyl groups excluding tert-OH is 8. The van der Waals surface area contributed by atoms with Crippen molar-refractivity contribution in [3.05, 3.63) is 0 Å². The quantitative estimate of drug-likeness (QED) is 0.176. The van der Waals surface area contributed by atoms with Crippen molar-refractivity contribution < 1.29 is 59.5 Å². The fraction of sp³-hybridized carbons (Fsp3) is 1.00. The molecule has 0 saturated carbocycles. The first-order valence-electron chi connectivity index (χ1n) is 7.95. The van der Waals surface area contributed by atoms with Crippen LogP contribution < -0.4 is 0 Å². The number of aliphatic hydroxyl groups is 8. The largest absolute Gasteiger partial charge is 0.489 e. The van der Waals surface area contributed by atoms with Crippen molar-refractivity contribution in [1.82, 2.24) is 0 Å². The molecule has 2 heterocycles. The Kier molecular flexibility index (Phi) is 6.71. The molecule has 150 valence electrons. The zero-order chi connectivity index (χ0) is 19.6. The van der Waals surface area contributed by atoms with Gasteiger partial charge in [-0.05, 0) is 0 Å². The van der Waals surface area contributed by atoms with Gasteiger partial charge in [0, 0.05) is 0 Å². The summed E-state index contributed by atoms with van der Waals surface area (Å²) >= 11 is 0. The molecule has 2 aliphatic heterocycles. The minimum atomic E-state index is -1.90. The van der Waals surface area contributed by atoms with Gasteiger partial charge in [-0.2, -0.15) is 0 Å². The Morgan fingerprint density at radius 3 is 0.654 bits per heavy atom. The third kappa shape index (κ3) is 2.82. The molecule has 2 rings (SSSR count). The van der Waals surface area contributed by atoms with Crippen molar-refractivity contribution in [2.75, 3.05) is 52.9 Å². The number of rotatable bonds is 9. The van der Waals surface area contributed by atoms with Gasteiger partial charge in [0.25, 0.3) is 0 Å². The summed E-state index contributed by atoms with van der Waals surface area (Å²) in [6.07, 6.45) is 0. The lowest BCUT2D eigenvalue weighted by Crippen LogP contribution is -2.61. The highest BCUT2D eigenvalue weighted by molar-refractivity contribution is 7.11. The molecule has 0 spiro atoms. The molecule has 0 aromatic rings. The summed E-state index contributed by atoms with van der Waals surface area (Å²) < 4.78 is 21.9. The molecule has 2 aliphatic rings. The second-order valence-electron chi connectivity index (χ2n) is 6.45. The van der Waals surface area contributed by atoms with E-state index in [1.165, 1.54) is 0 Å². The maximum absolute atomic E-state index is 9.64. The molecule has 2 fully saturated rings. The molecule has 0 aromatic heterocycles. The van der Waals surface area contributed by atoms with Gasteiger partial charge in [0.2, 0.25) is 0 Å². The molecule has 8 N–H and O–H groups in total. The predicted molar refractivity (Wildman–Crippen MR) is 83.5 cm³/mol. The van der Waals surface area contributed by atoms with Gasteiger partial charge in [0.15, 0.2) is 0 Å². The third-order valence-electron chi connectivity index (χ3n) is 5.29. The van der Waals surface area contributed by atoms with E-state index in [0.717, 1.165) is 0 Å². The minimum absolute atomic E-state index is 0.829. The first kappa shape index (κ1) is 21.9. The van der Waals surface area contributed by atoms with Crippen LogP contribution in [0.2, 0.25) is 0 Å². The molecule has 14 heteroatoms. The topological polar surface area (TPSA) is 199 Å². The predicted octanol–water partition coefficient (Wildman–Crippen LogP) is -5.97. The van der Waals surface area contributed by atoms with Crippen LogP contribution in [-0.4, -0.2) is 130 Å². The minimum Gasteiger partial charge on any atom is -0.400 e. The van der Waals surface area contributed by atoms with Gasteiger partial charge < -0.3 is 59.5 Å². The third-order valence-corrected chi connectivity index (χ3v) is 5.29. The molecular weight excluding hydrogens is 358 g/mol. The zero-order valence-electron chi connectivity index (χ0n) is 14.0. The summed E-state index contributed by atoms with van der Waals surface area (Å²) in [5.74, 6) is 0. The molecule has 0 bridgehead atoms. The van der Waals surface area contributed by atoms with Crippen LogP contribution in [0.15, 0.2) is 0 Å². The summed E-state index contributed by atoms with van der Waals surface area (Å²) in [5.41, 5.74) is -7.62. The summed E-state index contributed by atoms with van der Waals surface area (Å²) in [4.78, 5) is 0. The second-order valence-corrected chi connectivity index (χ2v) is 6.45. The van der Waals surface area contributed by atoms with Crippen LogP contribution in [0.1, 0.15) is 0 Å². The van der Waals surface area contributed by atoms with Crippen molar-refractivity contribution in [3.63, 3.8) is 0 Å². The Morgan fingerprint density at radius 2 is 0.538 bits per heavy atom. The van der Waals surface area contributed by atoms with Crippen LogP contribution in [0.3, 0.4) is 0 Å². The van der Waals surface area contributed by atoms with Crippen molar-refractivity contribution in [2.24, 2.45) is 0 Å². The van der Waals surface area contributed by atoms with E-state index >= 15 is 0 Å². The monoisotopic (exact) mass is 382 g/mol. The number of hydrogen-bond acceptors (Lipinski definition) is 12. The lowest BCUT2D eigenvalue weighted by molar-refractivity contribution is -0.147. The van der Waals surface area contributed by atoms with E-state index in [9.17, 15) is 40.9 Å². The van der Waals surface area contributed by atoms with Crippen LogP contribution in [0.25, 0.3) is 0 Å². The molecule has 0 atom stereocenters. The molecule has 0 aliphatic carbocycles. The molecule has 2 saturated heterocycles. The van der Waals surface area contributed by atoms with Gasteiger partial charge in [-0.25, -0.2) is 0 Å². The fourth-order valence-corrected chi connectivity index (χ4v) is 3.24. The lowest BCUT2D eigenvalue weighted by Gasteiger charge is -2.39. The van der Waals surface area contributed by atoms with Crippen molar-refractivity contribution in [1.29, 1.82) is 0 Å². The summed E-state index contributed by atoms with van der Waals surface area (Å²) in [7, 11) is -3.07. The Morgan fingerprint density at radius 1 is 0.385 bits per heavy atom. The van der Waals surface area contributed by atoms with Crippen LogP contribution in [0.5, 0.6) is 0 Å². The molecule has 0 unspecified atom stereocenters. The van der Waals surface area contributed by atoms with Gasteiger partial charge in [-0.3, -0.25) is 0 Å². The van der Waals surface area contributed by atoms with Gasteiger partial charge in [0.05, 0.1) is 52.9 Å². The molecule has 0 aromatic carbocycles. The second kappa shape index (κ2) is 7.95.